The minimum Gasteiger partial charge on any atom is -0.366 e. The van der Waals surface area contributed by atoms with Crippen LogP contribution in [0, 0.1) is 18.3 Å². The number of piperidine rings is 1. The van der Waals surface area contributed by atoms with E-state index in [1.165, 1.54) is 0 Å². The molecule has 3 aromatic heterocycles. The number of rotatable bonds is 5. The fourth-order valence-corrected chi connectivity index (χ4v) is 3.41. The molecule has 154 valence electrons. The highest BCUT2D eigenvalue weighted by molar-refractivity contribution is 6.32. The van der Waals surface area contributed by atoms with Crippen LogP contribution in [0.4, 0.5) is 23.4 Å². The maximum atomic E-state index is 8.85. The SMILES string of the molecule is Cc1cc(Nc2ncc(Cl)c(NC3CCN(c4ccc(C#N)nn4)CC3)n2)nn1C. The van der Waals surface area contributed by atoms with Crippen LogP contribution in [0.1, 0.15) is 24.2 Å². The van der Waals surface area contributed by atoms with Gasteiger partial charge in [-0.25, -0.2) is 4.98 Å². The standard InChI is InChI=1S/C19H21ClN10/c1-12-9-16(28-29(12)2)24-19-22-11-15(20)18(25-19)23-13-5-7-30(8-6-13)17-4-3-14(10-21)26-27-17/h3-4,9,11,13H,5-8H2,1-2H3,(H2,22,23,24,25,28). The van der Waals surface area contributed by atoms with Gasteiger partial charge in [0.25, 0.3) is 0 Å². The van der Waals surface area contributed by atoms with Gasteiger partial charge in [-0.2, -0.15) is 15.3 Å². The molecule has 0 bridgehead atoms. The van der Waals surface area contributed by atoms with E-state index in [0.717, 1.165) is 37.4 Å². The van der Waals surface area contributed by atoms with E-state index in [0.29, 0.717) is 28.3 Å². The molecule has 4 heterocycles. The molecule has 0 saturated carbocycles. The summed E-state index contributed by atoms with van der Waals surface area (Å²) in [4.78, 5) is 10.9. The first-order valence-corrected chi connectivity index (χ1v) is 9.95. The summed E-state index contributed by atoms with van der Waals surface area (Å²) in [5.74, 6) is 2.49. The van der Waals surface area contributed by atoms with Gasteiger partial charge in [0, 0.05) is 37.9 Å². The topological polar surface area (TPSA) is 120 Å². The van der Waals surface area contributed by atoms with E-state index in [1.807, 2.05) is 32.2 Å². The molecule has 0 aliphatic carbocycles. The molecule has 0 spiro atoms. The molecule has 4 rings (SSSR count). The first kappa shape index (κ1) is 19.8. The number of nitrogens with zero attached hydrogens (tertiary/aromatic N) is 8. The summed E-state index contributed by atoms with van der Waals surface area (Å²) in [6.07, 6.45) is 3.37. The van der Waals surface area contributed by atoms with Crippen molar-refractivity contribution in [3.8, 4) is 6.07 Å². The number of halogens is 1. The van der Waals surface area contributed by atoms with Gasteiger partial charge in [-0.3, -0.25) is 4.68 Å². The van der Waals surface area contributed by atoms with Crippen LogP contribution in [-0.2, 0) is 7.05 Å². The second kappa shape index (κ2) is 8.51. The minimum absolute atomic E-state index is 0.227. The van der Waals surface area contributed by atoms with Gasteiger partial charge < -0.3 is 15.5 Å². The van der Waals surface area contributed by atoms with Crippen molar-refractivity contribution in [1.29, 1.82) is 5.26 Å². The number of hydrogen-bond acceptors (Lipinski definition) is 9. The van der Waals surface area contributed by atoms with Gasteiger partial charge in [-0.15, -0.1) is 10.2 Å². The molecule has 0 radical (unpaired) electrons. The van der Waals surface area contributed by atoms with Gasteiger partial charge >= 0.3 is 0 Å². The number of nitrogens with one attached hydrogen (secondary N) is 2. The zero-order valence-corrected chi connectivity index (χ0v) is 17.4. The summed E-state index contributed by atoms with van der Waals surface area (Å²) >= 11 is 6.31. The monoisotopic (exact) mass is 424 g/mol. The predicted molar refractivity (Wildman–Crippen MR) is 114 cm³/mol. The van der Waals surface area contributed by atoms with E-state index in [4.69, 9.17) is 16.9 Å². The Bertz CT molecular complexity index is 1040. The molecule has 3 aromatic rings. The number of nitriles is 1. The average Bonchev–Trinajstić information content (AvgIpc) is 3.08. The van der Waals surface area contributed by atoms with Gasteiger partial charge in [0.1, 0.15) is 11.1 Å². The van der Waals surface area contributed by atoms with Crippen LogP contribution in [0.3, 0.4) is 0 Å². The van der Waals surface area contributed by atoms with Gasteiger partial charge in [-0.1, -0.05) is 11.6 Å². The molecule has 11 heteroatoms. The zero-order chi connectivity index (χ0) is 21.1. The van der Waals surface area contributed by atoms with Crippen molar-refractivity contribution < 1.29 is 0 Å². The van der Waals surface area contributed by atoms with Crippen LogP contribution in [0.2, 0.25) is 5.02 Å². The normalized spacial score (nSPS) is 14.4. The predicted octanol–water partition coefficient (Wildman–Crippen LogP) is 2.66. The molecular formula is C19H21ClN10. The van der Waals surface area contributed by atoms with Crippen LogP contribution in [0.5, 0.6) is 0 Å². The lowest BCUT2D eigenvalue weighted by Gasteiger charge is -2.33. The first-order valence-electron chi connectivity index (χ1n) is 9.57. The maximum absolute atomic E-state index is 8.85. The Balaban J connectivity index is 1.38. The quantitative estimate of drug-likeness (QED) is 0.636. The molecule has 0 aromatic carbocycles. The molecule has 1 aliphatic rings. The Morgan fingerprint density at radius 3 is 2.67 bits per heavy atom. The number of aryl methyl sites for hydroxylation is 2. The van der Waals surface area contributed by atoms with Crippen LogP contribution in [0.15, 0.2) is 24.4 Å². The second-order valence-corrected chi connectivity index (χ2v) is 7.51. The molecule has 0 unspecified atom stereocenters. The van der Waals surface area contributed by atoms with Gasteiger partial charge in [0.2, 0.25) is 5.95 Å². The summed E-state index contributed by atoms with van der Waals surface area (Å²) in [5, 5.41) is 28.2. The lowest BCUT2D eigenvalue weighted by atomic mass is 10.1. The van der Waals surface area contributed by atoms with Crippen LogP contribution >= 0.6 is 11.6 Å². The minimum atomic E-state index is 0.227. The molecule has 0 amide bonds. The number of aromatic nitrogens is 6. The highest BCUT2D eigenvalue weighted by Crippen LogP contribution is 2.25. The fraction of sp³-hybridized carbons (Fsp3) is 0.368. The molecule has 0 atom stereocenters. The molecular weight excluding hydrogens is 404 g/mol. The van der Waals surface area contributed by atoms with E-state index < -0.39 is 0 Å². The van der Waals surface area contributed by atoms with Crippen molar-refractivity contribution in [2.45, 2.75) is 25.8 Å². The average molecular weight is 425 g/mol. The van der Waals surface area contributed by atoms with Crippen molar-refractivity contribution in [2.24, 2.45) is 7.05 Å². The summed E-state index contributed by atoms with van der Waals surface area (Å²) in [7, 11) is 1.88. The Morgan fingerprint density at radius 1 is 1.23 bits per heavy atom. The van der Waals surface area contributed by atoms with E-state index in [2.05, 4.69) is 40.8 Å². The lowest BCUT2D eigenvalue weighted by Crippen LogP contribution is -2.39. The third kappa shape index (κ3) is 4.41. The Morgan fingerprint density at radius 2 is 2.03 bits per heavy atom. The molecule has 10 nitrogen and oxygen atoms in total. The second-order valence-electron chi connectivity index (χ2n) is 7.10. The molecule has 1 fully saturated rings. The largest absolute Gasteiger partial charge is 0.366 e. The van der Waals surface area contributed by atoms with Crippen molar-refractivity contribution in [2.75, 3.05) is 28.6 Å². The summed E-state index contributed by atoms with van der Waals surface area (Å²) in [5.41, 5.74) is 1.35. The van der Waals surface area contributed by atoms with Crippen molar-refractivity contribution in [3.05, 3.63) is 40.8 Å². The van der Waals surface area contributed by atoms with Crippen molar-refractivity contribution in [1.82, 2.24) is 29.9 Å². The highest BCUT2D eigenvalue weighted by Gasteiger charge is 2.22. The zero-order valence-electron chi connectivity index (χ0n) is 16.7. The summed E-state index contributed by atoms with van der Waals surface area (Å²) in [6.45, 7) is 3.61. The Hall–Kier alpha value is -3.45. The molecule has 2 N–H and O–H groups in total. The molecule has 30 heavy (non-hydrogen) atoms. The van der Waals surface area contributed by atoms with E-state index >= 15 is 0 Å². The lowest BCUT2D eigenvalue weighted by molar-refractivity contribution is 0.521. The van der Waals surface area contributed by atoms with E-state index in [9.17, 15) is 0 Å². The Labute approximate surface area is 178 Å². The van der Waals surface area contributed by atoms with Crippen LogP contribution in [-0.4, -0.2) is 49.1 Å². The van der Waals surface area contributed by atoms with Crippen LogP contribution < -0.4 is 15.5 Å². The fourth-order valence-electron chi connectivity index (χ4n) is 3.26. The maximum Gasteiger partial charge on any atom is 0.230 e. The summed E-state index contributed by atoms with van der Waals surface area (Å²) in [6, 6.07) is 7.65. The Kier molecular flexibility index (Phi) is 5.63. The van der Waals surface area contributed by atoms with Crippen molar-refractivity contribution >= 4 is 35.0 Å². The third-order valence-electron chi connectivity index (χ3n) is 5.02. The number of anilines is 4. The van der Waals surface area contributed by atoms with Crippen molar-refractivity contribution in [3.63, 3.8) is 0 Å². The molecule has 1 saturated heterocycles. The van der Waals surface area contributed by atoms with Gasteiger partial charge in [-0.05, 0) is 31.9 Å². The van der Waals surface area contributed by atoms with Crippen LogP contribution in [0.25, 0.3) is 0 Å². The highest BCUT2D eigenvalue weighted by atomic mass is 35.5. The molecule has 1 aliphatic heterocycles. The number of hydrogen-bond donors (Lipinski definition) is 2. The smallest absolute Gasteiger partial charge is 0.230 e. The first-order chi connectivity index (χ1) is 14.5. The van der Waals surface area contributed by atoms with Gasteiger partial charge in [0.15, 0.2) is 23.1 Å². The summed E-state index contributed by atoms with van der Waals surface area (Å²) < 4.78 is 1.78. The van der Waals surface area contributed by atoms with E-state index in [1.54, 1.807) is 16.9 Å². The van der Waals surface area contributed by atoms with Gasteiger partial charge in [0.05, 0.1) is 6.20 Å². The third-order valence-corrected chi connectivity index (χ3v) is 5.30. The van der Waals surface area contributed by atoms with E-state index in [-0.39, 0.29) is 6.04 Å².